The molecule has 1 aromatic heterocycles. The highest BCUT2D eigenvalue weighted by Gasteiger charge is 2.14. The van der Waals surface area contributed by atoms with E-state index in [0.717, 1.165) is 26.1 Å². The minimum atomic E-state index is 0.436. The van der Waals surface area contributed by atoms with E-state index in [1.165, 1.54) is 24.2 Å². The van der Waals surface area contributed by atoms with Crippen LogP contribution in [0.1, 0.15) is 31.2 Å². The molecule has 16 heavy (non-hydrogen) atoms. The first-order valence-electron chi connectivity index (χ1n) is 6.27. The predicted octanol–water partition coefficient (Wildman–Crippen LogP) is 1.86. The van der Waals surface area contributed by atoms with Gasteiger partial charge in [0.05, 0.1) is 6.10 Å². The number of aromatic nitrogens is 1. The third kappa shape index (κ3) is 2.66. The average molecular weight is 222 g/mol. The summed E-state index contributed by atoms with van der Waals surface area (Å²) < 4.78 is 7.86. The van der Waals surface area contributed by atoms with Gasteiger partial charge in [-0.2, -0.15) is 0 Å². The summed E-state index contributed by atoms with van der Waals surface area (Å²) in [4.78, 5) is 0. The molecule has 0 bridgehead atoms. The molecule has 3 nitrogen and oxygen atoms in total. The van der Waals surface area contributed by atoms with Crippen LogP contribution in [0.4, 0.5) is 0 Å². The van der Waals surface area contributed by atoms with Crippen molar-refractivity contribution in [3.8, 4) is 0 Å². The maximum Gasteiger partial charge on any atom is 0.0700 e. The van der Waals surface area contributed by atoms with E-state index in [0.29, 0.717) is 6.10 Å². The first kappa shape index (κ1) is 11.7. The Labute approximate surface area is 97.8 Å². The molecule has 1 atom stereocenters. The molecule has 3 heteroatoms. The fourth-order valence-corrected chi connectivity index (χ4v) is 2.30. The van der Waals surface area contributed by atoms with Gasteiger partial charge in [-0.3, -0.25) is 0 Å². The van der Waals surface area contributed by atoms with Crippen molar-refractivity contribution >= 4 is 0 Å². The number of aryl methyl sites for hydroxylation is 1. The van der Waals surface area contributed by atoms with Gasteiger partial charge in [0.15, 0.2) is 0 Å². The van der Waals surface area contributed by atoms with Gasteiger partial charge in [-0.15, -0.1) is 0 Å². The number of nitrogens with one attached hydrogen (secondary N) is 1. The van der Waals surface area contributed by atoms with Crippen LogP contribution >= 0.6 is 0 Å². The minimum absolute atomic E-state index is 0.436. The first-order valence-corrected chi connectivity index (χ1v) is 6.27. The van der Waals surface area contributed by atoms with Crippen molar-refractivity contribution in [2.24, 2.45) is 7.05 Å². The molecule has 90 valence electrons. The van der Waals surface area contributed by atoms with E-state index in [1.54, 1.807) is 0 Å². The van der Waals surface area contributed by atoms with Gasteiger partial charge in [0, 0.05) is 38.1 Å². The molecule has 1 saturated heterocycles. The van der Waals surface area contributed by atoms with Gasteiger partial charge in [-0.25, -0.2) is 0 Å². The van der Waals surface area contributed by atoms with Crippen LogP contribution in [0, 0.1) is 0 Å². The second-order valence-corrected chi connectivity index (χ2v) is 4.49. The molecule has 1 aromatic rings. The van der Waals surface area contributed by atoms with Crippen LogP contribution in [0.3, 0.4) is 0 Å². The number of rotatable bonds is 5. The van der Waals surface area contributed by atoms with Crippen LogP contribution < -0.4 is 5.32 Å². The van der Waals surface area contributed by atoms with Gasteiger partial charge in [0.1, 0.15) is 0 Å². The Morgan fingerprint density at radius 3 is 2.88 bits per heavy atom. The average Bonchev–Trinajstić information content (AvgIpc) is 2.90. The Balaban J connectivity index is 1.78. The Hall–Kier alpha value is -0.800. The molecule has 0 spiro atoms. The maximum atomic E-state index is 5.58. The van der Waals surface area contributed by atoms with E-state index in [-0.39, 0.29) is 0 Å². The lowest BCUT2D eigenvalue weighted by Crippen LogP contribution is -2.26. The molecule has 1 N–H and O–H groups in total. The molecule has 0 unspecified atom stereocenters. The fourth-order valence-electron chi connectivity index (χ4n) is 2.30. The maximum absolute atomic E-state index is 5.58. The molecule has 0 amide bonds. The zero-order valence-corrected chi connectivity index (χ0v) is 10.3. The second-order valence-electron chi connectivity index (χ2n) is 4.49. The topological polar surface area (TPSA) is 26.2 Å². The van der Waals surface area contributed by atoms with Crippen molar-refractivity contribution in [3.63, 3.8) is 0 Å². The van der Waals surface area contributed by atoms with E-state index < -0.39 is 0 Å². The number of hydrogen-bond acceptors (Lipinski definition) is 2. The van der Waals surface area contributed by atoms with Crippen molar-refractivity contribution in [3.05, 3.63) is 23.5 Å². The monoisotopic (exact) mass is 222 g/mol. The molecule has 1 aliphatic rings. The second kappa shape index (κ2) is 5.51. The van der Waals surface area contributed by atoms with Gasteiger partial charge < -0.3 is 14.6 Å². The zero-order chi connectivity index (χ0) is 11.4. The van der Waals surface area contributed by atoms with E-state index in [4.69, 9.17) is 4.74 Å². The Morgan fingerprint density at radius 1 is 1.44 bits per heavy atom. The molecule has 2 rings (SSSR count). The molecule has 1 aliphatic heterocycles. The fraction of sp³-hybridized carbons (Fsp3) is 0.692. The van der Waals surface area contributed by atoms with Gasteiger partial charge in [-0.1, -0.05) is 6.92 Å². The predicted molar refractivity (Wildman–Crippen MR) is 65.5 cm³/mol. The minimum Gasteiger partial charge on any atom is -0.377 e. The Morgan fingerprint density at radius 2 is 2.25 bits per heavy atom. The first-order chi connectivity index (χ1) is 7.81. The lowest BCUT2D eigenvalue weighted by Gasteiger charge is -2.11. The van der Waals surface area contributed by atoms with Gasteiger partial charge in [0.2, 0.25) is 0 Å². The van der Waals surface area contributed by atoms with E-state index in [1.807, 2.05) is 0 Å². The molecular weight excluding hydrogens is 200 g/mol. The summed E-state index contributed by atoms with van der Waals surface area (Å²) in [7, 11) is 2.14. The highest BCUT2D eigenvalue weighted by Crippen LogP contribution is 2.11. The van der Waals surface area contributed by atoms with Crippen molar-refractivity contribution in [2.45, 2.75) is 38.8 Å². The molecule has 0 aromatic carbocycles. The molecule has 2 heterocycles. The van der Waals surface area contributed by atoms with Crippen LogP contribution in [0.25, 0.3) is 0 Å². The normalized spacial score (nSPS) is 20.5. The van der Waals surface area contributed by atoms with E-state index in [2.05, 4.69) is 36.0 Å². The Kier molecular flexibility index (Phi) is 4.02. The van der Waals surface area contributed by atoms with E-state index in [9.17, 15) is 0 Å². The molecule has 1 fully saturated rings. The summed E-state index contributed by atoms with van der Waals surface area (Å²) in [6.45, 7) is 5.05. The summed E-state index contributed by atoms with van der Waals surface area (Å²) in [5, 5.41) is 3.48. The number of ether oxygens (including phenoxy) is 1. The van der Waals surface area contributed by atoms with Crippen LogP contribution in [-0.4, -0.2) is 23.8 Å². The summed E-state index contributed by atoms with van der Waals surface area (Å²) in [5.41, 5.74) is 2.75. The number of nitrogens with zero attached hydrogens (tertiary/aromatic N) is 1. The molecule has 0 saturated carbocycles. The van der Waals surface area contributed by atoms with Gasteiger partial charge >= 0.3 is 0 Å². The van der Waals surface area contributed by atoms with Gasteiger partial charge in [0.25, 0.3) is 0 Å². The van der Waals surface area contributed by atoms with Crippen molar-refractivity contribution in [2.75, 3.05) is 13.2 Å². The SMILES string of the molecule is CCc1ccc(CNC[C@H]2CCCO2)n1C. The van der Waals surface area contributed by atoms with Crippen LogP contribution in [0.2, 0.25) is 0 Å². The van der Waals surface area contributed by atoms with Crippen LogP contribution in [0.5, 0.6) is 0 Å². The summed E-state index contributed by atoms with van der Waals surface area (Å²) in [5.74, 6) is 0. The van der Waals surface area contributed by atoms with Crippen molar-refractivity contribution in [1.29, 1.82) is 0 Å². The van der Waals surface area contributed by atoms with Crippen molar-refractivity contribution < 1.29 is 4.74 Å². The summed E-state index contributed by atoms with van der Waals surface area (Å²) in [6.07, 6.45) is 3.96. The third-order valence-electron chi connectivity index (χ3n) is 3.39. The zero-order valence-electron chi connectivity index (χ0n) is 10.3. The van der Waals surface area contributed by atoms with Crippen LogP contribution in [0.15, 0.2) is 12.1 Å². The lowest BCUT2D eigenvalue weighted by molar-refractivity contribution is 0.110. The summed E-state index contributed by atoms with van der Waals surface area (Å²) in [6, 6.07) is 4.42. The molecular formula is C13H22N2O. The van der Waals surface area contributed by atoms with E-state index >= 15 is 0 Å². The summed E-state index contributed by atoms with van der Waals surface area (Å²) >= 11 is 0. The standard InChI is InChI=1S/C13H22N2O/c1-3-11-6-7-12(15(11)2)9-14-10-13-5-4-8-16-13/h6-7,13-14H,3-5,8-10H2,1-2H3/t13-/m1/s1. The third-order valence-corrected chi connectivity index (χ3v) is 3.39. The smallest absolute Gasteiger partial charge is 0.0700 e. The van der Waals surface area contributed by atoms with Crippen LogP contribution in [-0.2, 0) is 24.8 Å². The number of hydrogen-bond donors (Lipinski definition) is 1. The highest BCUT2D eigenvalue weighted by molar-refractivity contribution is 5.15. The van der Waals surface area contributed by atoms with Gasteiger partial charge in [-0.05, 0) is 31.4 Å². The molecule has 0 aliphatic carbocycles. The quantitative estimate of drug-likeness (QED) is 0.823. The largest absolute Gasteiger partial charge is 0.377 e. The van der Waals surface area contributed by atoms with Crippen molar-refractivity contribution in [1.82, 2.24) is 9.88 Å². The lowest BCUT2D eigenvalue weighted by atomic mass is 10.2. The molecule has 0 radical (unpaired) electrons. The highest BCUT2D eigenvalue weighted by atomic mass is 16.5. The Bertz CT molecular complexity index is 327.